The molecule has 0 aliphatic carbocycles. The number of aromatic nitrogens is 3. The van der Waals surface area contributed by atoms with Crippen LogP contribution < -0.4 is 53.2 Å². The number of ether oxygens (including phenoxy) is 4. The van der Waals surface area contributed by atoms with Crippen LogP contribution in [0, 0.1) is 35.5 Å². The Hall–Kier alpha value is -12.1. The highest BCUT2D eigenvalue weighted by atomic mass is 16.6. The van der Waals surface area contributed by atoms with Crippen LogP contribution in [0.2, 0.25) is 0 Å². The zero-order chi connectivity index (χ0) is 85.2. The molecule has 6 aliphatic heterocycles. The topological polar surface area (TPSA) is 525 Å². The van der Waals surface area contributed by atoms with Crippen LogP contribution in [-0.4, -0.2) is 259 Å². The van der Waals surface area contributed by atoms with Gasteiger partial charge in [0.2, 0.25) is 41.4 Å². The Kier molecular flexibility index (Phi) is 30.4. The summed E-state index contributed by atoms with van der Waals surface area (Å²) in [6.45, 7) is 10.6. The molecule has 630 valence electrons. The van der Waals surface area contributed by atoms with Crippen LogP contribution in [0.1, 0.15) is 89.7 Å². The van der Waals surface area contributed by atoms with Gasteiger partial charge in [-0.1, -0.05) is 105 Å². The lowest BCUT2D eigenvalue weighted by Crippen LogP contribution is -2.65. The van der Waals surface area contributed by atoms with Crippen molar-refractivity contribution in [3.63, 3.8) is 0 Å². The predicted octanol–water partition coefficient (Wildman–Crippen LogP) is -1.45. The van der Waals surface area contributed by atoms with Crippen LogP contribution in [0.15, 0.2) is 146 Å². The number of aromatic hydroxyl groups is 3. The number of esters is 1. The number of hydrogen-bond donors (Lipinski definition) is 16. The highest BCUT2D eigenvalue weighted by Crippen LogP contribution is 2.28. The summed E-state index contributed by atoms with van der Waals surface area (Å²) in [5.74, 6) is -13.2. The van der Waals surface area contributed by atoms with Crippen molar-refractivity contribution in [1.82, 2.24) is 73.0 Å². The summed E-state index contributed by atoms with van der Waals surface area (Å²) in [4.78, 5) is 172. The Balaban J connectivity index is 0.000000186. The van der Waals surface area contributed by atoms with E-state index in [0.717, 1.165) is 16.7 Å². The van der Waals surface area contributed by atoms with E-state index in [4.69, 9.17) is 18.9 Å². The summed E-state index contributed by atoms with van der Waals surface area (Å²) in [5, 5.41) is 91.0. The van der Waals surface area contributed by atoms with Crippen molar-refractivity contribution in [2.45, 2.75) is 152 Å². The number of hydrogen-bond acceptors (Lipinski definition) is 25. The van der Waals surface area contributed by atoms with Gasteiger partial charge in [-0.3, -0.25) is 57.5 Å². The van der Waals surface area contributed by atoms with E-state index in [1.54, 1.807) is 13.8 Å². The first-order valence-electron chi connectivity index (χ1n) is 38.7. The number of pyridine rings is 3. The highest BCUT2D eigenvalue weighted by Gasteiger charge is 2.48. The van der Waals surface area contributed by atoms with Gasteiger partial charge in [0.25, 0.3) is 23.6 Å². The predicted molar refractivity (Wildman–Crippen MR) is 417 cm³/mol. The van der Waals surface area contributed by atoms with Crippen molar-refractivity contribution in [1.29, 1.82) is 0 Å². The van der Waals surface area contributed by atoms with E-state index in [1.165, 1.54) is 94.6 Å². The van der Waals surface area contributed by atoms with Crippen LogP contribution in [0.3, 0.4) is 0 Å². The SMILES string of the molecule is C[C@H]1NC(=O)C(C2COC2)N(C)C(=O)[C@H](C)[C@H](O)[C@H](Cc2ccccc2)NC(=O)[C@H]1NC(=O)c1ncccc1O.C[C@H]1NC(=O)C(C2COC2)NC(=O)[C@H](C)[C@H](O)[C@H](Cc2ccccc2)NC(=O)[C@H]1NC(=O)c1ncccc1O.C[C@H]1NC(=O)C(C2COC2)OC(=O)[C@H](C)[C@H](O)[C@H](Cc2ccccc2)NC(=O)[C@H]1NC(=O)c1ncccc1O. The average molecular weight is 1630 g/mol. The van der Waals surface area contributed by atoms with E-state index in [2.05, 4.69) is 68.1 Å². The average Bonchev–Trinajstić information content (AvgIpc) is 0.488. The molecule has 3 aromatic carbocycles. The van der Waals surface area contributed by atoms with E-state index in [1.807, 2.05) is 91.0 Å². The first-order valence-corrected chi connectivity index (χ1v) is 38.7. The maximum Gasteiger partial charge on any atom is 0.312 e. The van der Waals surface area contributed by atoms with Crippen molar-refractivity contribution in [2.75, 3.05) is 46.7 Å². The van der Waals surface area contributed by atoms with Gasteiger partial charge >= 0.3 is 5.97 Å². The third kappa shape index (κ3) is 22.1. The fraction of sp³-hybridized carbons (Fsp3) is 0.451. The molecular weight excluding hydrogens is 1530 g/mol. The van der Waals surface area contributed by atoms with Gasteiger partial charge in [0.15, 0.2) is 23.2 Å². The Morgan fingerprint density at radius 1 is 0.398 bits per heavy atom. The van der Waals surface area contributed by atoms with Crippen molar-refractivity contribution >= 4 is 70.9 Å². The molecule has 6 aromatic rings. The van der Waals surface area contributed by atoms with Gasteiger partial charge in [-0.05, 0) is 100 Å². The molecule has 36 nitrogen and oxygen atoms in total. The van der Waals surface area contributed by atoms with E-state index in [0.29, 0.717) is 0 Å². The van der Waals surface area contributed by atoms with Gasteiger partial charge in [-0.25, -0.2) is 15.0 Å². The molecule has 6 saturated heterocycles. The quantitative estimate of drug-likeness (QED) is 0.0523. The molecule has 3 unspecified atom stereocenters. The standard InChI is InChI=1S/C28H35N5O7.C27H33N5O7.C27H32N4O8/c1-15-24(35)19(12-17-8-5-4-6-9-17)31-25(36)21(32-26(37)22-20(34)10-7-11-29-22)16(2)30-27(38)23(18-13-40-14-18)33(3)28(15)39;1-14-23(34)18(11-16-7-4-3-5-8-16)30-25(36)20(31-27(38)22-19(33)9-6-10-28-22)15(2)29-26(37)21(32-24(14)35)17-12-39-13-17;1-14-22(33)18(11-16-7-4-3-5-8-16)30-24(34)20(31-25(35)21-19(32)9-6-10-28-21)15(2)29-26(36)23(39-27(14)37)17-12-38-13-17/h4-11,15-16,18-19,21,23-24,34-35H,12-14H2,1-3H3,(H,30,38)(H,31,36)(H,32,37);3-10,14-15,17-18,20-21,23,33-34H,11-13H2,1-2H3,(H,29,37)(H,30,36)(H,31,38)(H,32,35);3-10,14-15,17-18,20,22-23,32-33H,11-13H2,1-2H3,(H,29,36)(H,30,34)(H,31,35)/t15-,16-,19+,21+,23?,24+;14-,15-,18+,20+,21?,23+;14-,15-,18+,20+,22+,23?/m111/s1. The molecule has 0 spiro atoms. The molecule has 0 radical (unpaired) electrons. The van der Waals surface area contributed by atoms with Crippen LogP contribution >= 0.6 is 0 Å². The summed E-state index contributed by atoms with van der Waals surface area (Å²) in [5.41, 5.74) is 1.54. The number of amides is 11. The number of nitrogens with zero attached hydrogens (tertiary/aromatic N) is 4. The molecule has 118 heavy (non-hydrogen) atoms. The third-order valence-corrected chi connectivity index (χ3v) is 21.6. The minimum Gasteiger partial charge on any atom is -0.505 e. The van der Waals surface area contributed by atoms with E-state index in [-0.39, 0.29) is 105 Å². The first kappa shape index (κ1) is 88.3. The molecule has 36 heteroatoms. The maximum atomic E-state index is 13.7. The molecule has 12 rings (SSSR count). The summed E-state index contributed by atoms with van der Waals surface area (Å²) in [7, 11) is 1.51. The summed E-state index contributed by atoms with van der Waals surface area (Å²) < 4.78 is 21.2. The van der Waals surface area contributed by atoms with Gasteiger partial charge in [0.1, 0.15) is 47.5 Å². The van der Waals surface area contributed by atoms with Crippen LogP contribution in [0.5, 0.6) is 17.2 Å². The number of carbonyl (C=O) groups is 12. The van der Waals surface area contributed by atoms with Crippen molar-refractivity contribution < 1.29 is 107 Å². The zero-order valence-electron chi connectivity index (χ0n) is 65.8. The number of aliphatic hydroxyl groups is 3. The van der Waals surface area contributed by atoms with E-state index < -0.39 is 185 Å². The number of likely N-dealkylation sites (N-methyl/N-ethyl adjacent to an activating group) is 1. The fourth-order valence-electron chi connectivity index (χ4n) is 14.2. The van der Waals surface area contributed by atoms with Gasteiger partial charge in [0, 0.05) is 37.5 Å². The number of aliphatic hydroxyl groups excluding tert-OH is 3. The summed E-state index contributed by atoms with van der Waals surface area (Å²) in [6.07, 6.45) is -0.682. The minimum absolute atomic E-state index is 0.174. The molecule has 6 fully saturated rings. The molecule has 3 aromatic heterocycles. The summed E-state index contributed by atoms with van der Waals surface area (Å²) >= 11 is 0. The Bertz CT molecular complexity index is 4360. The molecule has 0 saturated carbocycles. The second-order valence-electron chi connectivity index (χ2n) is 30.2. The van der Waals surface area contributed by atoms with Gasteiger partial charge in [-0.15, -0.1) is 0 Å². The highest BCUT2D eigenvalue weighted by molar-refractivity contribution is 6.01. The number of rotatable bonds is 15. The fourth-order valence-corrected chi connectivity index (χ4v) is 14.2. The number of cyclic esters (lactones) is 1. The first-order chi connectivity index (χ1) is 56.4. The number of benzene rings is 3. The lowest BCUT2D eigenvalue weighted by molar-refractivity contribution is -0.178. The minimum atomic E-state index is -1.38. The van der Waals surface area contributed by atoms with E-state index >= 15 is 0 Å². The smallest absolute Gasteiger partial charge is 0.312 e. The third-order valence-electron chi connectivity index (χ3n) is 21.6. The Labute approximate surface area is 679 Å². The van der Waals surface area contributed by atoms with Crippen LogP contribution in [-0.2, 0) is 81.4 Å². The lowest BCUT2D eigenvalue weighted by atomic mass is 9.89. The largest absolute Gasteiger partial charge is 0.505 e. The molecular formula is C82H100N14O22. The van der Waals surface area contributed by atoms with Crippen molar-refractivity contribution in [3.8, 4) is 17.2 Å². The molecule has 11 amide bonds. The van der Waals surface area contributed by atoms with Gasteiger partial charge in [0.05, 0.1) is 118 Å². The van der Waals surface area contributed by atoms with Gasteiger partial charge in [-0.2, -0.15) is 0 Å². The summed E-state index contributed by atoms with van der Waals surface area (Å²) in [6, 6.07) is 24.1. The zero-order valence-corrected chi connectivity index (χ0v) is 65.8. The maximum absolute atomic E-state index is 13.7. The second-order valence-corrected chi connectivity index (χ2v) is 30.2. The van der Waals surface area contributed by atoms with E-state index in [9.17, 15) is 88.2 Å². The molecule has 0 bridgehead atoms. The number of carbonyl (C=O) groups excluding carboxylic acids is 12. The van der Waals surface area contributed by atoms with Crippen molar-refractivity contribution in [3.05, 3.63) is 180 Å². The molecule has 9 heterocycles. The monoisotopic (exact) mass is 1630 g/mol. The number of nitrogens with one attached hydrogen (secondary N) is 10. The molecule has 6 aliphatic rings. The molecule has 18 atom stereocenters. The van der Waals surface area contributed by atoms with Crippen LogP contribution in [0.4, 0.5) is 0 Å². The van der Waals surface area contributed by atoms with Crippen LogP contribution in [0.25, 0.3) is 0 Å². The Morgan fingerprint density at radius 3 is 1.08 bits per heavy atom. The Morgan fingerprint density at radius 2 is 0.737 bits per heavy atom. The molecule has 16 N–H and O–H groups in total. The normalized spacial score (nSPS) is 28.5. The second kappa shape index (κ2) is 40.7. The van der Waals surface area contributed by atoms with Gasteiger partial charge < -0.3 is 108 Å². The lowest BCUT2D eigenvalue weighted by Gasteiger charge is -2.41. The van der Waals surface area contributed by atoms with Crippen molar-refractivity contribution in [2.24, 2.45) is 35.5 Å².